The molecular weight excluding hydrogens is 136 g/mol. The van der Waals surface area contributed by atoms with Gasteiger partial charge in [-0.3, -0.25) is 4.79 Å². The molecule has 6 unspecified atom stereocenters. The zero-order valence-electron chi connectivity index (χ0n) is 6.49. The SMILES string of the molecule is O=C1C2CC3CC1C1C(C2)C31. The van der Waals surface area contributed by atoms with E-state index >= 15 is 0 Å². The lowest BCUT2D eigenvalue weighted by Crippen LogP contribution is -2.37. The van der Waals surface area contributed by atoms with Crippen molar-refractivity contribution in [3.63, 3.8) is 0 Å². The average Bonchev–Trinajstić information content (AvgIpc) is 2.58. The first-order chi connectivity index (χ1) is 5.36. The summed E-state index contributed by atoms with van der Waals surface area (Å²) in [7, 11) is 0. The van der Waals surface area contributed by atoms with Gasteiger partial charge in [0.1, 0.15) is 5.78 Å². The summed E-state index contributed by atoms with van der Waals surface area (Å²) in [5, 5.41) is 0. The molecular formula is C10H12O. The van der Waals surface area contributed by atoms with Crippen molar-refractivity contribution >= 4 is 5.78 Å². The summed E-state index contributed by atoms with van der Waals surface area (Å²) in [5.41, 5.74) is 0. The fourth-order valence-corrected chi connectivity index (χ4v) is 4.50. The fourth-order valence-electron chi connectivity index (χ4n) is 4.50. The van der Waals surface area contributed by atoms with Crippen LogP contribution in [0, 0.1) is 35.5 Å². The molecule has 1 heteroatoms. The van der Waals surface area contributed by atoms with Crippen LogP contribution in [-0.4, -0.2) is 5.78 Å². The summed E-state index contributed by atoms with van der Waals surface area (Å²) in [6, 6.07) is 0. The Bertz CT molecular complexity index is 258. The van der Waals surface area contributed by atoms with Gasteiger partial charge in [0.05, 0.1) is 0 Å². The molecule has 0 heterocycles. The first-order valence-corrected chi connectivity index (χ1v) is 4.90. The van der Waals surface area contributed by atoms with Crippen molar-refractivity contribution in [1.82, 2.24) is 0 Å². The molecule has 0 aliphatic heterocycles. The molecule has 5 aliphatic carbocycles. The van der Waals surface area contributed by atoms with Crippen molar-refractivity contribution in [2.45, 2.75) is 19.3 Å². The van der Waals surface area contributed by atoms with Gasteiger partial charge in [-0.15, -0.1) is 0 Å². The van der Waals surface area contributed by atoms with Gasteiger partial charge in [-0.05, 0) is 42.9 Å². The highest BCUT2D eigenvalue weighted by Gasteiger charge is 2.71. The van der Waals surface area contributed by atoms with Crippen LogP contribution < -0.4 is 0 Å². The number of hydrogen-bond donors (Lipinski definition) is 0. The Hall–Kier alpha value is -0.330. The van der Waals surface area contributed by atoms with Gasteiger partial charge in [-0.1, -0.05) is 0 Å². The topological polar surface area (TPSA) is 17.1 Å². The molecule has 6 atom stereocenters. The number of hydrogen-bond acceptors (Lipinski definition) is 1. The predicted octanol–water partition coefficient (Wildman–Crippen LogP) is 1.48. The summed E-state index contributed by atoms with van der Waals surface area (Å²) < 4.78 is 0. The Morgan fingerprint density at radius 3 is 2.82 bits per heavy atom. The van der Waals surface area contributed by atoms with Crippen LogP contribution in [0.2, 0.25) is 0 Å². The average molecular weight is 148 g/mol. The van der Waals surface area contributed by atoms with Crippen LogP contribution in [0.25, 0.3) is 0 Å². The standard InChI is InChI=1S/C10H12O/c11-10-5-1-4-2-7(10)9-6(3-5)8(4)9/h4-9H,1-3H2. The Labute approximate surface area is 66.2 Å². The largest absolute Gasteiger partial charge is 0.299 e. The zero-order valence-corrected chi connectivity index (χ0v) is 6.49. The lowest BCUT2D eigenvalue weighted by molar-refractivity contribution is -0.133. The van der Waals surface area contributed by atoms with Gasteiger partial charge in [0.15, 0.2) is 0 Å². The highest BCUT2D eigenvalue weighted by Crippen LogP contribution is 2.73. The molecule has 0 aromatic carbocycles. The van der Waals surface area contributed by atoms with E-state index in [9.17, 15) is 4.79 Å². The van der Waals surface area contributed by atoms with Crippen molar-refractivity contribution in [3.05, 3.63) is 0 Å². The van der Waals surface area contributed by atoms with Gasteiger partial charge in [-0.25, -0.2) is 0 Å². The van der Waals surface area contributed by atoms with E-state index in [1.54, 1.807) is 0 Å². The second kappa shape index (κ2) is 1.30. The second-order valence-corrected chi connectivity index (χ2v) is 4.99. The van der Waals surface area contributed by atoms with Gasteiger partial charge in [-0.2, -0.15) is 0 Å². The molecule has 5 aliphatic rings. The Morgan fingerprint density at radius 1 is 1.09 bits per heavy atom. The van der Waals surface area contributed by atoms with Crippen molar-refractivity contribution < 1.29 is 4.79 Å². The summed E-state index contributed by atoms with van der Waals surface area (Å²) in [6.45, 7) is 0. The van der Waals surface area contributed by atoms with E-state index in [1.807, 2.05) is 0 Å². The monoisotopic (exact) mass is 148 g/mol. The lowest BCUT2D eigenvalue weighted by Gasteiger charge is -2.36. The zero-order chi connectivity index (χ0) is 7.16. The molecule has 0 aromatic rings. The number of carbonyl (C=O) groups excluding carboxylic acids is 1. The summed E-state index contributed by atoms with van der Waals surface area (Å²) >= 11 is 0. The van der Waals surface area contributed by atoms with Crippen molar-refractivity contribution in [2.75, 3.05) is 0 Å². The minimum atomic E-state index is 0.527. The smallest absolute Gasteiger partial charge is 0.139 e. The molecule has 5 fully saturated rings. The van der Waals surface area contributed by atoms with Crippen LogP contribution in [0.1, 0.15) is 19.3 Å². The van der Waals surface area contributed by atoms with E-state index < -0.39 is 0 Å². The van der Waals surface area contributed by atoms with E-state index in [0.29, 0.717) is 17.6 Å². The quantitative estimate of drug-likeness (QED) is 0.508. The van der Waals surface area contributed by atoms with Crippen LogP contribution in [0.5, 0.6) is 0 Å². The van der Waals surface area contributed by atoms with E-state index in [0.717, 1.165) is 23.7 Å². The van der Waals surface area contributed by atoms with Crippen molar-refractivity contribution in [1.29, 1.82) is 0 Å². The van der Waals surface area contributed by atoms with Crippen LogP contribution in [0.3, 0.4) is 0 Å². The van der Waals surface area contributed by atoms with Crippen LogP contribution in [-0.2, 0) is 4.79 Å². The lowest BCUT2D eigenvalue weighted by atomic mass is 9.67. The van der Waals surface area contributed by atoms with Gasteiger partial charge in [0, 0.05) is 11.8 Å². The maximum atomic E-state index is 11.7. The summed E-state index contributed by atoms with van der Waals surface area (Å²) in [6.07, 6.45) is 3.83. The first kappa shape index (κ1) is 5.34. The number of carbonyl (C=O) groups is 1. The maximum Gasteiger partial charge on any atom is 0.139 e. The number of rotatable bonds is 0. The van der Waals surface area contributed by atoms with E-state index in [1.165, 1.54) is 19.3 Å². The molecule has 5 saturated carbocycles. The Balaban J connectivity index is 1.91. The summed E-state index contributed by atoms with van der Waals surface area (Å²) in [4.78, 5) is 11.7. The van der Waals surface area contributed by atoms with E-state index in [4.69, 9.17) is 0 Å². The third-order valence-corrected chi connectivity index (χ3v) is 4.77. The fraction of sp³-hybridized carbons (Fsp3) is 0.900. The molecule has 0 radical (unpaired) electrons. The minimum absolute atomic E-state index is 0.527. The molecule has 0 N–H and O–H groups in total. The normalized spacial score (nSPS) is 68.9. The van der Waals surface area contributed by atoms with Gasteiger partial charge in [0.25, 0.3) is 0 Å². The predicted molar refractivity (Wildman–Crippen MR) is 39.8 cm³/mol. The Kier molecular flexibility index (Phi) is 0.630. The molecule has 5 rings (SSSR count). The van der Waals surface area contributed by atoms with Gasteiger partial charge >= 0.3 is 0 Å². The molecule has 11 heavy (non-hydrogen) atoms. The first-order valence-electron chi connectivity index (χ1n) is 4.90. The third-order valence-electron chi connectivity index (χ3n) is 4.77. The van der Waals surface area contributed by atoms with Crippen molar-refractivity contribution in [3.8, 4) is 0 Å². The van der Waals surface area contributed by atoms with Gasteiger partial charge < -0.3 is 0 Å². The molecule has 58 valence electrons. The molecule has 0 spiro atoms. The Morgan fingerprint density at radius 2 is 2.00 bits per heavy atom. The third kappa shape index (κ3) is 0.401. The van der Waals surface area contributed by atoms with E-state index in [2.05, 4.69) is 0 Å². The highest BCUT2D eigenvalue weighted by atomic mass is 16.1. The summed E-state index contributed by atoms with van der Waals surface area (Å²) in [5.74, 6) is 5.68. The van der Waals surface area contributed by atoms with Gasteiger partial charge in [0.2, 0.25) is 0 Å². The van der Waals surface area contributed by atoms with E-state index in [-0.39, 0.29) is 0 Å². The van der Waals surface area contributed by atoms with Crippen LogP contribution in [0.4, 0.5) is 0 Å². The molecule has 4 bridgehead atoms. The van der Waals surface area contributed by atoms with Crippen molar-refractivity contribution in [2.24, 2.45) is 35.5 Å². The molecule has 1 nitrogen and oxygen atoms in total. The number of ketones is 1. The molecule has 0 amide bonds. The van der Waals surface area contributed by atoms with Crippen LogP contribution >= 0.6 is 0 Å². The molecule has 0 saturated heterocycles. The second-order valence-electron chi connectivity index (χ2n) is 4.99. The minimum Gasteiger partial charge on any atom is -0.299 e. The highest BCUT2D eigenvalue weighted by molar-refractivity contribution is 5.87. The molecule has 0 aromatic heterocycles. The van der Waals surface area contributed by atoms with Crippen LogP contribution in [0.15, 0.2) is 0 Å². The maximum absolute atomic E-state index is 11.7. The number of Topliss-reactive ketones (excluding diaryl/α,β-unsaturated/α-hetero) is 1.